The zero-order chi connectivity index (χ0) is 21.1. The lowest BCUT2D eigenvalue weighted by molar-refractivity contribution is -0.141. The molecular formula is C21H25NO6S. The topological polar surface area (TPSA) is 93.1 Å². The Morgan fingerprint density at radius 2 is 1.45 bits per heavy atom. The van der Waals surface area contributed by atoms with Crippen molar-refractivity contribution in [2.24, 2.45) is 0 Å². The number of likely N-dealkylation sites (tertiary alicyclic amines) is 1. The van der Waals surface area contributed by atoms with Crippen molar-refractivity contribution in [3.05, 3.63) is 54.1 Å². The van der Waals surface area contributed by atoms with Crippen LogP contribution in [0.5, 0.6) is 11.5 Å². The summed E-state index contributed by atoms with van der Waals surface area (Å²) in [6.45, 7) is 1.39. The van der Waals surface area contributed by atoms with E-state index in [1.165, 1.54) is 31.4 Å². The van der Waals surface area contributed by atoms with Crippen LogP contribution in [0.1, 0.15) is 18.4 Å². The Balaban J connectivity index is 1.77. The van der Waals surface area contributed by atoms with E-state index in [1.807, 2.05) is 24.3 Å². The maximum absolute atomic E-state index is 13.2. The lowest BCUT2D eigenvalue weighted by atomic mass is 9.95. The predicted octanol–water partition coefficient (Wildman–Crippen LogP) is 2.60. The van der Waals surface area contributed by atoms with Crippen molar-refractivity contribution in [2.75, 3.05) is 27.3 Å². The summed E-state index contributed by atoms with van der Waals surface area (Å²) in [5.41, 5.74) is 1.06. The number of ether oxygens (including phenoxy) is 2. The fourth-order valence-electron chi connectivity index (χ4n) is 3.64. The van der Waals surface area contributed by atoms with Crippen LogP contribution in [0.2, 0.25) is 0 Å². The summed E-state index contributed by atoms with van der Waals surface area (Å²) < 4.78 is 34.9. The lowest BCUT2D eigenvalue weighted by Gasteiger charge is -2.38. The number of aliphatic carboxylic acids is 1. The van der Waals surface area contributed by atoms with Crippen LogP contribution in [0.15, 0.2) is 53.4 Å². The first-order valence-corrected chi connectivity index (χ1v) is 10.8. The molecule has 0 radical (unpaired) electrons. The Morgan fingerprint density at radius 1 is 0.966 bits per heavy atom. The third-order valence-electron chi connectivity index (χ3n) is 5.50. The zero-order valence-corrected chi connectivity index (χ0v) is 17.3. The summed E-state index contributed by atoms with van der Waals surface area (Å²) in [4.78, 5) is 14.2. The largest absolute Gasteiger partial charge is 0.497 e. The van der Waals surface area contributed by atoms with Gasteiger partial charge < -0.3 is 14.6 Å². The predicted molar refractivity (Wildman–Crippen MR) is 108 cm³/mol. The number of nitrogens with zero attached hydrogens (tertiary/aromatic N) is 1. The minimum absolute atomic E-state index is 0.00399. The number of carboxylic acid groups (broad SMARTS) is 1. The van der Waals surface area contributed by atoms with Crippen LogP contribution in [0.4, 0.5) is 0 Å². The zero-order valence-electron chi connectivity index (χ0n) is 16.5. The Hall–Kier alpha value is -2.58. The van der Waals surface area contributed by atoms with Gasteiger partial charge in [-0.1, -0.05) is 12.1 Å². The first kappa shape index (κ1) is 21.1. The van der Waals surface area contributed by atoms with Crippen LogP contribution in [0, 0.1) is 0 Å². The van der Waals surface area contributed by atoms with Crippen LogP contribution in [-0.2, 0) is 21.2 Å². The van der Waals surface area contributed by atoms with E-state index < -0.39 is 20.6 Å². The first-order valence-electron chi connectivity index (χ1n) is 9.30. The van der Waals surface area contributed by atoms with E-state index in [-0.39, 0.29) is 17.7 Å². The van der Waals surface area contributed by atoms with Gasteiger partial charge in [0.2, 0.25) is 0 Å². The second-order valence-electron chi connectivity index (χ2n) is 7.10. The third-order valence-corrected chi connectivity index (χ3v) is 8.01. The highest BCUT2D eigenvalue weighted by molar-refractivity contribution is 7.93. The molecular weight excluding hydrogens is 394 g/mol. The summed E-state index contributed by atoms with van der Waals surface area (Å²) >= 11 is 0. The molecule has 0 saturated carbocycles. The monoisotopic (exact) mass is 419 g/mol. The highest BCUT2D eigenvalue weighted by Gasteiger charge is 2.53. The molecule has 0 aliphatic carbocycles. The molecule has 29 heavy (non-hydrogen) atoms. The Morgan fingerprint density at radius 3 is 1.90 bits per heavy atom. The normalized spacial score (nSPS) is 16.9. The molecule has 1 saturated heterocycles. The van der Waals surface area contributed by atoms with Crippen LogP contribution in [0.3, 0.4) is 0 Å². The summed E-state index contributed by atoms with van der Waals surface area (Å²) in [5.74, 6) is -0.0112. The summed E-state index contributed by atoms with van der Waals surface area (Å²) in [7, 11) is -0.959. The van der Waals surface area contributed by atoms with Crippen molar-refractivity contribution < 1.29 is 27.8 Å². The molecule has 0 spiro atoms. The van der Waals surface area contributed by atoms with Gasteiger partial charge in [-0.25, -0.2) is 8.42 Å². The number of carbonyl (C=O) groups is 1. The molecule has 7 nitrogen and oxygen atoms in total. The van der Waals surface area contributed by atoms with E-state index in [1.54, 1.807) is 7.11 Å². The van der Waals surface area contributed by atoms with Gasteiger partial charge in [-0.3, -0.25) is 9.69 Å². The molecule has 8 heteroatoms. The average molecular weight is 419 g/mol. The van der Waals surface area contributed by atoms with Crippen LogP contribution in [-0.4, -0.2) is 56.4 Å². The minimum Gasteiger partial charge on any atom is -0.497 e. The third kappa shape index (κ3) is 4.09. The van der Waals surface area contributed by atoms with E-state index in [9.17, 15) is 18.3 Å². The number of rotatable bonds is 7. The van der Waals surface area contributed by atoms with Crippen LogP contribution < -0.4 is 9.47 Å². The molecule has 2 aromatic rings. The fraction of sp³-hybridized carbons (Fsp3) is 0.381. The summed E-state index contributed by atoms with van der Waals surface area (Å²) in [6.07, 6.45) is 0.0691. The Bertz CT molecular complexity index is 946. The maximum Gasteiger partial charge on any atom is 0.325 e. The fourth-order valence-corrected chi connectivity index (χ4v) is 5.53. The second kappa shape index (κ2) is 8.42. The number of sulfone groups is 1. The molecule has 0 bridgehead atoms. The Labute approximate surface area is 170 Å². The molecule has 0 unspecified atom stereocenters. The van der Waals surface area contributed by atoms with Crippen molar-refractivity contribution in [3.63, 3.8) is 0 Å². The molecule has 1 N–H and O–H groups in total. The van der Waals surface area contributed by atoms with E-state index in [4.69, 9.17) is 9.47 Å². The van der Waals surface area contributed by atoms with E-state index in [0.717, 1.165) is 11.3 Å². The van der Waals surface area contributed by atoms with Crippen molar-refractivity contribution >= 4 is 15.8 Å². The molecule has 1 heterocycles. The van der Waals surface area contributed by atoms with Gasteiger partial charge in [0, 0.05) is 19.6 Å². The van der Waals surface area contributed by atoms with Gasteiger partial charge in [0.1, 0.15) is 11.5 Å². The van der Waals surface area contributed by atoms with E-state index in [0.29, 0.717) is 25.4 Å². The van der Waals surface area contributed by atoms with Gasteiger partial charge in [0.25, 0.3) is 0 Å². The number of benzene rings is 2. The first-order chi connectivity index (χ1) is 13.8. The maximum atomic E-state index is 13.2. The average Bonchev–Trinajstić information content (AvgIpc) is 2.74. The van der Waals surface area contributed by atoms with Gasteiger partial charge in [-0.15, -0.1) is 0 Å². The van der Waals surface area contributed by atoms with Crippen LogP contribution in [0.25, 0.3) is 0 Å². The lowest BCUT2D eigenvalue weighted by Crippen LogP contribution is -2.54. The van der Waals surface area contributed by atoms with E-state index in [2.05, 4.69) is 4.90 Å². The standard InChI is InChI=1S/C21H25NO6S/c1-27-17-5-3-16(4-6-17)15-22-13-11-21(12-14-22,20(23)24)29(25,26)19-9-7-18(28-2)8-10-19/h3-10H,11-15H2,1-2H3,(H,23,24). The highest BCUT2D eigenvalue weighted by atomic mass is 32.2. The van der Waals surface area contributed by atoms with Crippen molar-refractivity contribution in [1.82, 2.24) is 4.90 Å². The minimum atomic E-state index is -4.05. The smallest absolute Gasteiger partial charge is 0.325 e. The molecule has 0 atom stereocenters. The van der Waals surface area contributed by atoms with Crippen LogP contribution >= 0.6 is 0 Å². The van der Waals surface area contributed by atoms with Gasteiger partial charge in [0.05, 0.1) is 19.1 Å². The highest BCUT2D eigenvalue weighted by Crippen LogP contribution is 2.37. The molecule has 3 rings (SSSR count). The molecule has 1 fully saturated rings. The molecule has 0 aromatic heterocycles. The van der Waals surface area contributed by atoms with Gasteiger partial charge in [-0.2, -0.15) is 0 Å². The van der Waals surface area contributed by atoms with E-state index >= 15 is 0 Å². The summed E-state index contributed by atoms with van der Waals surface area (Å²) in [6, 6.07) is 13.5. The SMILES string of the molecule is COc1ccc(CN2CCC(C(=O)O)(S(=O)(=O)c3ccc(OC)cc3)CC2)cc1. The number of piperidine rings is 1. The molecule has 2 aromatic carbocycles. The molecule has 1 aliphatic heterocycles. The van der Waals surface area contributed by atoms with Crippen molar-refractivity contribution in [2.45, 2.75) is 29.0 Å². The quantitative estimate of drug-likeness (QED) is 0.737. The second-order valence-corrected chi connectivity index (χ2v) is 9.36. The van der Waals surface area contributed by atoms with Gasteiger partial charge in [0.15, 0.2) is 14.6 Å². The van der Waals surface area contributed by atoms with Crippen molar-refractivity contribution in [3.8, 4) is 11.5 Å². The molecule has 1 aliphatic rings. The number of hydrogen-bond donors (Lipinski definition) is 1. The number of carboxylic acids is 1. The Kier molecular flexibility index (Phi) is 6.14. The van der Waals surface area contributed by atoms with Gasteiger partial charge in [-0.05, 0) is 54.8 Å². The van der Waals surface area contributed by atoms with Crippen molar-refractivity contribution in [1.29, 1.82) is 0 Å². The summed E-state index contributed by atoms with van der Waals surface area (Å²) in [5, 5.41) is 9.88. The molecule has 156 valence electrons. The number of methoxy groups -OCH3 is 2. The number of hydrogen-bond acceptors (Lipinski definition) is 6. The molecule has 0 amide bonds. The van der Waals surface area contributed by atoms with Gasteiger partial charge >= 0.3 is 5.97 Å².